The van der Waals surface area contributed by atoms with Crippen LogP contribution in [-0.2, 0) is 0 Å². The van der Waals surface area contributed by atoms with E-state index in [1.165, 1.54) is 11.3 Å². The van der Waals surface area contributed by atoms with Crippen molar-refractivity contribution in [3.8, 4) is 22.8 Å². The van der Waals surface area contributed by atoms with Gasteiger partial charge in [0.25, 0.3) is 5.91 Å². The maximum atomic E-state index is 12.5. The quantitative estimate of drug-likeness (QED) is 0.428. The van der Waals surface area contributed by atoms with Crippen LogP contribution in [0.15, 0.2) is 66.4 Å². The van der Waals surface area contributed by atoms with E-state index in [0.29, 0.717) is 21.7 Å². The number of carbonyl (C=O) groups excluding carboxylic acids is 1. The monoisotopic (exact) mass is 386 g/mol. The van der Waals surface area contributed by atoms with Gasteiger partial charge in [-0.05, 0) is 42.5 Å². The summed E-state index contributed by atoms with van der Waals surface area (Å²) in [5, 5.41) is 5.16. The summed E-state index contributed by atoms with van der Waals surface area (Å²) in [6, 6.07) is 13.0. The van der Waals surface area contributed by atoms with Gasteiger partial charge in [-0.3, -0.25) is 10.1 Å². The molecule has 0 unspecified atom stereocenters. The average Bonchev–Trinajstić information content (AvgIpc) is 3.50. The standard InChI is InChI=1S/C20H14N6OS/c27-19(26-20-23-9-10-28-20)12-5-6-13-16(11-12)25-18(15-4-2-8-22-15)17(24-13)14-3-1-7-21-14/h1-11,21-22H,(H,23,26,27). The minimum absolute atomic E-state index is 0.228. The zero-order valence-electron chi connectivity index (χ0n) is 14.5. The number of hydrogen-bond donors (Lipinski definition) is 3. The molecule has 0 aliphatic heterocycles. The van der Waals surface area contributed by atoms with Crippen LogP contribution in [0, 0.1) is 0 Å². The van der Waals surface area contributed by atoms with Gasteiger partial charge in [0.05, 0.1) is 22.4 Å². The Morgan fingerprint density at radius 3 is 2.25 bits per heavy atom. The number of rotatable bonds is 4. The molecule has 0 saturated carbocycles. The SMILES string of the molecule is O=C(Nc1nccs1)c1ccc2nc(-c3ccc[nH]3)c(-c3ccc[nH]3)nc2c1. The largest absolute Gasteiger partial charge is 0.360 e. The Hall–Kier alpha value is -3.78. The van der Waals surface area contributed by atoms with Crippen molar-refractivity contribution in [1.82, 2.24) is 24.9 Å². The van der Waals surface area contributed by atoms with Gasteiger partial charge >= 0.3 is 0 Å². The molecule has 7 nitrogen and oxygen atoms in total. The van der Waals surface area contributed by atoms with Gasteiger partial charge in [0.1, 0.15) is 11.4 Å². The van der Waals surface area contributed by atoms with E-state index in [0.717, 1.165) is 22.8 Å². The number of anilines is 1. The Labute approximate surface area is 163 Å². The van der Waals surface area contributed by atoms with Gasteiger partial charge in [-0.15, -0.1) is 11.3 Å². The number of carbonyl (C=O) groups is 1. The number of fused-ring (bicyclic) bond motifs is 1. The summed E-state index contributed by atoms with van der Waals surface area (Å²) >= 11 is 1.37. The predicted molar refractivity (Wildman–Crippen MR) is 109 cm³/mol. The summed E-state index contributed by atoms with van der Waals surface area (Å²) in [6.07, 6.45) is 5.35. The van der Waals surface area contributed by atoms with Crippen molar-refractivity contribution in [1.29, 1.82) is 0 Å². The summed E-state index contributed by atoms with van der Waals surface area (Å²) in [6.45, 7) is 0. The first-order valence-electron chi connectivity index (χ1n) is 8.58. The van der Waals surface area contributed by atoms with Gasteiger partial charge in [0, 0.05) is 29.5 Å². The number of H-pyrrole nitrogens is 2. The summed E-state index contributed by atoms with van der Waals surface area (Å²) < 4.78 is 0. The molecular formula is C20H14N6OS. The van der Waals surface area contributed by atoms with Gasteiger partial charge in [0.2, 0.25) is 0 Å². The van der Waals surface area contributed by atoms with Crippen molar-refractivity contribution in [2.75, 3.05) is 5.32 Å². The number of benzene rings is 1. The Kier molecular flexibility index (Phi) is 3.95. The number of nitrogens with one attached hydrogen (secondary N) is 3. The third-order valence-corrected chi connectivity index (χ3v) is 4.97. The lowest BCUT2D eigenvalue weighted by atomic mass is 10.1. The molecule has 4 aromatic heterocycles. The molecule has 0 radical (unpaired) electrons. The molecule has 0 fully saturated rings. The first-order valence-corrected chi connectivity index (χ1v) is 9.46. The zero-order chi connectivity index (χ0) is 18.9. The average molecular weight is 386 g/mol. The fourth-order valence-corrected chi connectivity index (χ4v) is 3.50. The second-order valence-electron chi connectivity index (χ2n) is 6.08. The molecule has 1 aromatic carbocycles. The molecule has 0 spiro atoms. The number of aromatic nitrogens is 5. The Balaban J connectivity index is 1.61. The van der Waals surface area contributed by atoms with E-state index in [1.54, 1.807) is 18.3 Å². The molecule has 5 rings (SSSR count). The maximum absolute atomic E-state index is 12.5. The number of hydrogen-bond acceptors (Lipinski definition) is 5. The normalized spacial score (nSPS) is 11.0. The number of aromatic amines is 2. The Bertz CT molecular complexity index is 1240. The third-order valence-electron chi connectivity index (χ3n) is 4.29. The third kappa shape index (κ3) is 2.95. The van der Waals surface area contributed by atoms with Crippen molar-refractivity contribution in [2.45, 2.75) is 0 Å². The first kappa shape index (κ1) is 16.4. The topological polar surface area (TPSA) is 99.4 Å². The lowest BCUT2D eigenvalue weighted by Crippen LogP contribution is -2.11. The lowest BCUT2D eigenvalue weighted by Gasteiger charge is -2.09. The van der Waals surface area contributed by atoms with E-state index < -0.39 is 0 Å². The van der Waals surface area contributed by atoms with Crippen LogP contribution >= 0.6 is 11.3 Å². The van der Waals surface area contributed by atoms with Gasteiger partial charge in [0.15, 0.2) is 5.13 Å². The second kappa shape index (κ2) is 6.75. The molecular weight excluding hydrogens is 372 g/mol. The van der Waals surface area contributed by atoms with Crippen LogP contribution in [0.4, 0.5) is 5.13 Å². The highest BCUT2D eigenvalue weighted by Crippen LogP contribution is 2.29. The highest BCUT2D eigenvalue weighted by molar-refractivity contribution is 7.13. The minimum atomic E-state index is -0.228. The van der Waals surface area contributed by atoms with Gasteiger partial charge in [-0.1, -0.05) is 0 Å². The highest BCUT2D eigenvalue weighted by atomic mass is 32.1. The number of amides is 1. The summed E-state index contributed by atoms with van der Waals surface area (Å²) in [4.78, 5) is 32.6. The molecule has 3 N–H and O–H groups in total. The first-order chi connectivity index (χ1) is 13.8. The van der Waals surface area contributed by atoms with Crippen LogP contribution < -0.4 is 5.32 Å². The number of nitrogens with zero attached hydrogens (tertiary/aromatic N) is 3. The molecule has 1 amide bonds. The smallest absolute Gasteiger partial charge is 0.257 e. The van der Waals surface area contributed by atoms with Crippen LogP contribution in [0.3, 0.4) is 0 Å². The van der Waals surface area contributed by atoms with Gasteiger partial charge < -0.3 is 9.97 Å². The molecule has 8 heteroatoms. The fraction of sp³-hybridized carbons (Fsp3) is 0. The Morgan fingerprint density at radius 1 is 0.929 bits per heavy atom. The van der Waals surface area contributed by atoms with Crippen molar-refractivity contribution in [3.05, 3.63) is 72.0 Å². The molecule has 0 aliphatic rings. The Morgan fingerprint density at radius 2 is 1.64 bits per heavy atom. The molecule has 0 atom stereocenters. The van der Waals surface area contributed by atoms with Gasteiger partial charge in [-0.2, -0.15) is 0 Å². The van der Waals surface area contributed by atoms with Gasteiger partial charge in [-0.25, -0.2) is 15.0 Å². The van der Waals surface area contributed by atoms with E-state index in [-0.39, 0.29) is 5.91 Å². The van der Waals surface area contributed by atoms with Crippen molar-refractivity contribution < 1.29 is 4.79 Å². The van der Waals surface area contributed by atoms with E-state index >= 15 is 0 Å². The molecule has 0 aliphatic carbocycles. The van der Waals surface area contributed by atoms with Crippen LogP contribution in [0.1, 0.15) is 10.4 Å². The maximum Gasteiger partial charge on any atom is 0.257 e. The van der Waals surface area contributed by atoms with Crippen LogP contribution in [0.2, 0.25) is 0 Å². The molecule has 136 valence electrons. The van der Waals surface area contributed by atoms with E-state index in [4.69, 9.17) is 9.97 Å². The predicted octanol–water partition coefficient (Wildman–Crippen LogP) is 4.33. The molecule has 5 aromatic rings. The van der Waals surface area contributed by atoms with Crippen LogP contribution in [0.25, 0.3) is 33.8 Å². The summed E-state index contributed by atoms with van der Waals surface area (Å²) in [7, 11) is 0. The van der Waals surface area contributed by atoms with Crippen molar-refractivity contribution in [2.24, 2.45) is 0 Å². The fourth-order valence-electron chi connectivity index (χ4n) is 2.98. The molecule has 0 saturated heterocycles. The zero-order valence-corrected chi connectivity index (χ0v) is 15.3. The van der Waals surface area contributed by atoms with Crippen molar-refractivity contribution in [3.63, 3.8) is 0 Å². The summed E-state index contributed by atoms with van der Waals surface area (Å²) in [5.74, 6) is -0.228. The molecule has 4 heterocycles. The van der Waals surface area contributed by atoms with E-state index in [9.17, 15) is 4.79 Å². The van der Waals surface area contributed by atoms with Crippen LogP contribution in [-0.4, -0.2) is 30.8 Å². The minimum Gasteiger partial charge on any atom is -0.360 e. The summed E-state index contributed by atoms with van der Waals surface area (Å²) in [5.41, 5.74) is 5.07. The second-order valence-corrected chi connectivity index (χ2v) is 6.98. The van der Waals surface area contributed by atoms with Crippen LogP contribution in [0.5, 0.6) is 0 Å². The van der Waals surface area contributed by atoms with E-state index in [1.807, 2.05) is 48.1 Å². The molecule has 0 bridgehead atoms. The number of thiazole rings is 1. The molecule has 28 heavy (non-hydrogen) atoms. The highest BCUT2D eigenvalue weighted by Gasteiger charge is 2.16. The lowest BCUT2D eigenvalue weighted by molar-refractivity contribution is 0.102. The van der Waals surface area contributed by atoms with Crippen molar-refractivity contribution >= 4 is 33.4 Å². The van der Waals surface area contributed by atoms with E-state index in [2.05, 4.69) is 20.3 Å².